The first-order valence-electron chi connectivity index (χ1n) is 9.33. The summed E-state index contributed by atoms with van der Waals surface area (Å²) in [6.45, 7) is 2.20. The van der Waals surface area contributed by atoms with E-state index in [1.165, 1.54) is 0 Å². The molecule has 2 aromatic carbocycles. The summed E-state index contributed by atoms with van der Waals surface area (Å²) in [5.41, 5.74) is 0.656. The average Bonchev–Trinajstić information content (AvgIpc) is 2.93. The maximum atomic E-state index is 13.4. The molecule has 0 spiro atoms. The van der Waals surface area contributed by atoms with E-state index < -0.39 is 5.41 Å². The Morgan fingerprint density at radius 2 is 1.68 bits per heavy atom. The Hall–Kier alpha value is -1.95. The van der Waals surface area contributed by atoms with Gasteiger partial charge in [0.25, 0.3) is 0 Å². The van der Waals surface area contributed by atoms with Crippen LogP contribution in [0.5, 0.6) is 11.5 Å². The van der Waals surface area contributed by atoms with Gasteiger partial charge in [0.05, 0.1) is 18.6 Å². The van der Waals surface area contributed by atoms with Crippen LogP contribution >= 0.6 is 23.2 Å². The Balaban J connectivity index is 1.64. The zero-order valence-corrected chi connectivity index (χ0v) is 16.8. The summed E-state index contributed by atoms with van der Waals surface area (Å²) in [5.74, 6) is 1.22. The van der Waals surface area contributed by atoms with Crippen LogP contribution < -0.4 is 14.8 Å². The van der Waals surface area contributed by atoms with Crippen LogP contribution in [0, 0.1) is 0 Å². The number of hydrogen-bond acceptors (Lipinski definition) is 4. The van der Waals surface area contributed by atoms with E-state index in [4.69, 9.17) is 37.4 Å². The first kappa shape index (κ1) is 19.4. The average molecular weight is 422 g/mol. The van der Waals surface area contributed by atoms with Crippen molar-refractivity contribution in [1.82, 2.24) is 0 Å². The van der Waals surface area contributed by atoms with Gasteiger partial charge in [-0.2, -0.15) is 0 Å². The van der Waals surface area contributed by atoms with Crippen molar-refractivity contribution >= 4 is 34.8 Å². The van der Waals surface area contributed by atoms with Crippen LogP contribution in [0.4, 0.5) is 5.69 Å². The summed E-state index contributed by atoms with van der Waals surface area (Å²) in [4.78, 5) is 13.4. The molecule has 0 saturated carbocycles. The largest absolute Gasteiger partial charge is 0.490 e. The van der Waals surface area contributed by atoms with Gasteiger partial charge in [0.2, 0.25) is 5.91 Å². The maximum absolute atomic E-state index is 13.4. The number of carbonyl (C=O) groups is 1. The van der Waals surface area contributed by atoms with E-state index in [-0.39, 0.29) is 5.91 Å². The third-order valence-electron chi connectivity index (χ3n) is 5.23. The molecule has 0 atom stereocenters. The molecule has 28 heavy (non-hydrogen) atoms. The maximum Gasteiger partial charge on any atom is 0.235 e. The third-order valence-corrected chi connectivity index (χ3v) is 5.78. The minimum absolute atomic E-state index is 0.116. The van der Waals surface area contributed by atoms with E-state index in [1.54, 1.807) is 18.2 Å². The van der Waals surface area contributed by atoms with Crippen molar-refractivity contribution in [3.8, 4) is 11.5 Å². The smallest absolute Gasteiger partial charge is 0.235 e. The molecule has 2 aliphatic heterocycles. The molecule has 1 amide bonds. The first-order valence-corrected chi connectivity index (χ1v) is 10.1. The zero-order chi connectivity index (χ0) is 19.6. The van der Waals surface area contributed by atoms with Crippen molar-refractivity contribution in [2.45, 2.75) is 24.7 Å². The van der Waals surface area contributed by atoms with E-state index in [0.29, 0.717) is 66.5 Å². The van der Waals surface area contributed by atoms with Crippen LogP contribution in [-0.4, -0.2) is 32.3 Å². The van der Waals surface area contributed by atoms with Crippen molar-refractivity contribution in [2.24, 2.45) is 0 Å². The van der Waals surface area contributed by atoms with Gasteiger partial charge in [0.15, 0.2) is 11.5 Å². The van der Waals surface area contributed by atoms with Crippen LogP contribution in [0.2, 0.25) is 10.0 Å². The highest BCUT2D eigenvalue weighted by atomic mass is 35.5. The van der Waals surface area contributed by atoms with E-state index in [0.717, 1.165) is 12.0 Å². The number of halogens is 2. The lowest BCUT2D eigenvalue weighted by Gasteiger charge is -2.36. The Bertz CT molecular complexity index is 881. The standard InChI is InChI=1S/C21H21Cl2NO4/c22-14-2-4-16(17(23)12-14)21(6-10-26-11-7-21)20(25)24-15-3-5-18-19(13-15)28-9-1-8-27-18/h2-5,12-13H,1,6-11H2,(H,24,25). The van der Waals surface area contributed by atoms with Crippen LogP contribution in [0.25, 0.3) is 0 Å². The quantitative estimate of drug-likeness (QED) is 0.769. The number of ether oxygens (including phenoxy) is 3. The highest BCUT2D eigenvalue weighted by Crippen LogP contribution is 2.41. The Labute approximate surface area is 173 Å². The van der Waals surface area contributed by atoms with E-state index in [9.17, 15) is 4.79 Å². The predicted octanol–water partition coefficient (Wildman–Crippen LogP) is 4.84. The molecule has 0 bridgehead atoms. The van der Waals surface area contributed by atoms with Gasteiger partial charge in [-0.05, 0) is 42.7 Å². The third kappa shape index (κ3) is 3.79. The molecule has 1 N–H and O–H groups in total. The molecule has 0 unspecified atom stereocenters. The minimum atomic E-state index is -0.774. The molecule has 2 aromatic rings. The van der Waals surface area contributed by atoms with Crippen molar-refractivity contribution < 1.29 is 19.0 Å². The number of anilines is 1. The molecule has 4 rings (SSSR count). The molecule has 2 aliphatic rings. The van der Waals surface area contributed by atoms with Gasteiger partial charge in [-0.3, -0.25) is 4.79 Å². The summed E-state index contributed by atoms with van der Waals surface area (Å²) >= 11 is 12.5. The summed E-state index contributed by atoms with van der Waals surface area (Å²) in [7, 11) is 0. The van der Waals surface area contributed by atoms with Gasteiger partial charge in [-0.25, -0.2) is 0 Å². The van der Waals surface area contributed by atoms with Crippen LogP contribution in [0.3, 0.4) is 0 Å². The molecule has 0 aromatic heterocycles. The Morgan fingerprint density at radius 1 is 0.929 bits per heavy atom. The molecular formula is C21H21Cl2NO4. The van der Waals surface area contributed by atoms with Gasteiger partial charge >= 0.3 is 0 Å². The Morgan fingerprint density at radius 3 is 2.43 bits per heavy atom. The minimum Gasteiger partial charge on any atom is -0.490 e. The topological polar surface area (TPSA) is 56.8 Å². The van der Waals surface area contributed by atoms with Gasteiger partial charge in [-0.15, -0.1) is 0 Å². The van der Waals surface area contributed by atoms with Crippen molar-refractivity contribution in [1.29, 1.82) is 0 Å². The lowest BCUT2D eigenvalue weighted by atomic mass is 9.73. The van der Waals surface area contributed by atoms with Gasteiger partial charge in [0, 0.05) is 41.4 Å². The summed E-state index contributed by atoms with van der Waals surface area (Å²) < 4.78 is 16.9. The predicted molar refractivity (Wildman–Crippen MR) is 109 cm³/mol. The molecule has 0 aliphatic carbocycles. The lowest BCUT2D eigenvalue weighted by molar-refractivity contribution is -0.125. The normalized spacial score (nSPS) is 18.2. The highest BCUT2D eigenvalue weighted by molar-refractivity contribution is 6.35. The SMILES string of the molecule is O=C(Nc1ccc2c(c1)OCCCO2)C1(c2ccc(Cl)cc2Cl)CCOCC1. The molecule has 0 radical (unpaired) electrons. The molecule has 148 valence electrons. The second-order valence-corrected chi connectivity index (χ2v) is 7.83. The molecule has 7 heteroatoms. The Kier molecular flexibility index (Phi) is 5.67. The molecule has 1 fully saturated rings. The molecule has 2 heterocycles. The van der Waals surface area contributed by atoms with E-state index >= 15 is 0 Å². The van der Waals surface area contributed by atoms with Crippen molar-refractivity contribution in [3.63, 3.8) is 0 Å². The summed E-state index contributed by atoms with van der Waals surface area (Å²) in [5, 5.41) is 4.07. The fourth-order valence-electron chi connectivity index (χ4n) is 3.71. The van der Waals surface area contributed by atoms with Gasteiger partial charge in [-0.1, -0.05) is 29.3 Å². The lowest BCUT2D eigenvalue weighted by Crippen LogP contribution is -2.45. The van der Waals surface area contributed by atoms with Crippen molar-refractivity contribution in [3.05, 3.63) is 52.0 Å². The summed E-state index contributed by atoms with van der Waals surface area (Å²) in [6, 6.07) is 10.7. The number of rotatable bonds is 3. The van der Waals surface area contributed by atoms with Crippen molar-refractivity contribution in [2.75, 3.05) is 31.7 Å². The monoisotopic (exact) mass is 421 g/mol. The van der Waals surface area contributed by atoms with E-state index in [2.05, 4.69) is 5.32 Å². The molecule has 5 nitrogen and oxygen atoms in total. The van der Waals surface area contributed by atoms with Gasteiger partial charge < -0.3 is 19.5 Å². The number of amides is 1. The zero-order valence-electron chi connectivity index (χ0n) is 15.3. The second kappa shape index (κ2) is 8.19. The molecular weight excluding hydrogens is 401 g/mol. The van der Waals surface area contributed by atoms with Gasteiger partial charge in [0.1, 0.15) is 0 Å². The molecule has 1 saturated heterocycles. The number of hydrogen-bond donors (Lipinski definition) is 1. The van der Waals surface area contributed by atoms with Crippen LogP contribution in [-0.2, 0) is 14.9 Å². The number of fused-ring (bicyclic) bond motifs is 1. The summed E-state index contributed by atoms with van der Waals surface area (Å²) in [6.07, 6.45) is 1.92. The number of nitrogens with one attached hydrogen (secondary N) is 1. The number of benzene rings is 2. The number of carbonyl (C=O) groups excluding carboxylic acids is 1. The fourth-order valence-corrected chi connectivity index (χ4v) is 4.30. The fraction of sp³-hybridized carbons (Fsp3) is 0.381. The highest BCUT2D eigenvalue weighted by Gasteiger charge is 2.43. The first-order chi connectivity index (χ1) is 13.6. The van der Waals surface area contributed by atoms with E-state index in [1.807, 2.05) is 18.2 Å². The second-order valence-electron chi connectivity index (χ2n) is 6.98. The van der Waals surface area contributed by atoms with Crippen LogP contribution in [0.15, 0.2) is 36.4 Å². The van der Waals surface area contributed by atoms with Crippen LogP contribution in [0.1, 0.15) is 24.8 Å².